The molecule has 5 nitrogen and oxygen atoms in total. The molecular weight excluding hydrogens is 352 g/mol. The number of hydrogen-bond donors (Lipinski definition) is 1. The molecule has 3 rings (SSSR count). The van der Waals surface area contributed by atoms with Crippen LogP contribution in [-0.4, -0.2) is 33.2 Å². The standard InChI is InChI=1S/C23H26N2O3/c1-3-5-6-15-25-20(17-11-13-24-14-12-17)19(22(27)23(25)28)21(26)18-9-7-16(4-2)8-10-18/h7-14,20,26H,3-6,15H2,1-2H3/b21-19-. The quantitative estimate of drug-likeness (QED) is 0.338. The average molecular weight is 378 g/mol. The molecule has 28 heavy (non-hydrogen) atoms. The summed E-state index contributed by atoms with van der Waals surface area (Å²) in [5.41, 5.74) is 2.61. The Labute approximate surface area is 165 Å². The van der Waals surface area contributed by atoms with Crippen LogP contribution in [0.3, 0.4) is 0 Å². The SMILES string of the molecule is CCCCCN1C(=O)C(=O)/C(=C(\O)c2ccc(CC)cc2)C1c1ccncc1. The first-order chi connectivity index (χ1) is 13.6. The first kappa shape index (κ1) is 19.8. The zero-order valence-corrected chi connectivity index (χ0v) is 16.4. The monoisotopic (exact) mass is 378 g/mol. The lowest BCUT2D eigenvalue weighted by molar-refractivity contribution is -0.139. The summed E-state index contributed by atoms with van der Waals surface area (Å²) in [6, 6.07) is 10.4. The van der Waals surface area contributed by atoms with E-state index >= 15 is 0 Å². The Hall–Kier alpha value is -2.95. The van der Waals surface area contributed by atoms with E-state index in [1.54, 1.807) is 41.6 Å². The Morgan fingerprint density at radius 3 is 2.32 bits per heavy atom. The smallest absolute Gasteiger partial charge is 0.295 e. The van der Waals surface area contributed by atoms with E-state index in [9.17, 15) is 14.7 Å². The Morgan fingerprint density at radius 1 is 1.04 bits per heavy atom. The third kappa shape index (κ3) is 3.84. The van der Waals surface area contributed by atoms with Crippen molar-refractivity contribution in [1.29, 1.82) is 0 Å². The number of aryl methyl sites for hydroxylation is 1. The van der Waals surface area contributed by atoms with Gasteiger partial charge in [0.15, 0.2) is 0 Å². The number of aromatic nitrogens is 1. The van der Waals surface area contributed by atoms with Crippen LogP contribution in [0.5, 0.6) is 0 Å². The Balaban J connectivity index is 2.07. The van der Waals surface area contributed by atoms with Gasteiger partial charge in [-0.3, -0.25) is 14.6 Å². The zero-order valence-electron chi connectivity index (χ0n) is 16.4. The summed E-state index contributed by atoms with van der Waals surface area (Å²) in [5, 5.41) is 11.0. The van der Waals surface area contributed by atoms with Crippen LogP contribution in [0.4, 0.5) is 0 Å². The largest absolute Gasteiger partial charge is 0.507 e. The number of benzene rings is 1. The van der Waals surface area contributed by atoms with Gasteiger partial charge in [-0.05, 0) is 36.1 Å². The number of Topliss-reactive ketones (excluding diaryl/α,β-unsaturated/α-hetero) is 1. The Kier molecular flexibility index (Phi) is 6.24. The number of carbonyl (C=O) groups is 2. The van der Waals surface area contributed by atoms with Crippen LogP contribution >= 0.6 is 0 Å². The first-order valence-corrected chi connectivity index (χ1v) is 9.86. The van der Waals surface area contributed by atoms with E-state index in [0.29, 0.717) is 12.1 Å². The van der Waals surface area contributed by atoms with Crippen molar-refractivity contribution in [3.05, 3.63) is 71.1 Å². The molecule has 1 aliphatic rings. The van der Waals surface area contributed by atoms with Gasteiger partial charge in [0, 0.05) is 24.5 Å². The van der Waals surface area contributed by atoms with Crippen LogP contribution < -0.4 is 0 Å². The fourth-order valence-corrected chi connectivity index (χ4v) is 3.59. The van der Waals surface area contributed by atoms with E-state index in [1.807, 2.05) is 12.1 Å². The summed E-state index contributed by atoms with van der Waals surface area (Å²) in [4.78, 5) is 31.2. The van der Waals surface area contributed by atoms with Crippen molar-refractivity contribution in [2.45, 2.75) is 45.6 Å². The predicted octanol–water partition coefficient (Wildman–Crippen LogP) is 4.26. The van der Waals surface area contributed by atoms with Gasteiger partial charge in [0.25, 0.3) is 11.7 Å². The molecule has 0 radical (unpaired) electrons. The molecule has 2 heterocycles. The molecule has 1 aromatic carbocycles. The lowest BCUT2D eigenvalue weighted by Crippen LogP contribution is -2.30. The third-order valence-corrected chi connectivity index (χ3v) is 5.20. The number of pyridine rings is 1. The van der Waals surface area contributed by atoms with Crippen molar-refractivity contribution in [1.82, 2.24) is 9.88 Å². The van der Waals surface area contributed by atoms with Crippen molar-refractivity contribution in [3.8, 4) is 0 Å². The number of rotatable bonds is 7. The summed E-state index contributed by atoms with van der Waals surface area (Å²) in [5.74, 6) is -1.30. The molecule has 1 atom stereocenters. The van der Waals surface area contributed by atoms with E-state index in [4.69, 9.17) is 0 Å². The van der Waals surface area contributed by atoms with Gasteiger partial charge in [-0.1, -0.05) is 51.0 Å². The number of aliphatic hydroxyl groups is 1. The molecule has 1 N–H and O–H groups in total. The van der Waals surface area contributed by atoms with Crippen molar-refractivity contribution >= 4 is 17.4 Å². The minimum atomic E-state index is -0.629. The minimum Gasteiger partial charge on any atom is -0.507 e. The molecule has 1 saturated heterocycles. The van der Waals surface area contributed by atoms with Gasteiger partial charge in [0.05, 0.1) is 11.6 Å². The summed E-state index contributed by atoms with van der Waals surface area (Å²) in [6.45, 7) is 4.63. The summed E-state index contributed by atoms with van der Waals surface area (Å²) < 4.78 is 0. The van der Waals surface area contributed by atoms with Crippen molar-refractivity contribution < 1.29 is 14.7 Å². The van der Waals surface area contributed by atoms with Gasteiger partial charge in [-0.25, -0.2) is 0 Å². The molecule has 0 spiro atoms. The number of hydrogen-bond acceptors (Lipinski definition) is 4. The second-order valence-electron chi connectivity index (χ2n) is 7.03. The highest BCUT2D eigenvalue weighted by Gasteiger charge is 2.45. The third-order valence-electron chi connectivity index (χ3n) is 5.20. The lowest BCUT2D eigenvalue weighted by atomic mass is 9.95. The van der Waals surface area contributed by atoms with E-state index in [-0.39, 0.29) is 11.3 Å². The molecule has 1 aromatic heterocycles. The van der Waals surface area contributed by atoms with Gasteiger partial charge in [-0.2, -0.15) is 0 Å². The molecule has 0 aliphatic carbocycles. The van der Waals surface area contributed by atoms with Crippen LogP contribution in [0.1, 0.15) is 55.8 Å². The highest BCUT2D eigenvalue weighted by atomic mass is 16.3. The minimum absolute atomic E-state index is 0.124. The van der Waals surface area contributed by atoms with Crippen LogP contribution in [0.15, 0.2) is 54.4 Å². The summed E-state index contributed by atoms with van der Waals surface area (Å²) in [6.07, 6.45) is 6.98. The number of aliphatic hydroxyl groups excluding tert-OH is 1. The first-order valence-electron chi connectivity index (χ1n) is 9.86. The van der Waals surface area contributed by atoms with Crippen molar-refractivity contribution in [2.24, 2.45) is 0 Å². The molecule has 0 saturated carbocycles. The van der Waals surface area contributed by atoms with Crippen LogP contribution in [0.25, 0.3) is 5.76 Å². The van der Waals surface area contributed by atoms with E-state index in [2.05, 4.69) is 18.8 Å². The summed E-state index contributed by atoms with van der Waals surface area (Å²) >= 11 is 0. The van der Waals surface area contributed by atoms with Crippen LogP contribution in [-0.2, 0) is 16.0 Å². The zero-order chi connectivity index (χ0) is 20.1. The number of nitrogens with zero attached hydrogens (tertiary/aromatic N) is 2. The fraction of sp³-hybridized carbons (Fsp3) is 0.348. The number of amides is 1. The molecule has 2 aromatic rings. The van der Waals surface area contributed by atoms with Crippen LogP contribution in [0.2, 0.25) is 0 Å². The number of carbonyl (C=O) groups excluding carboxylic acids is 2. The second-order valence-corrected chi connectivity index (χ2v) is 7.03. The molecule has 5 heteroatoms. The maximum atomic E-state index is 12.8. The Morgan fingerprint density at radius 2 is 1.71 bits per heavy atom. The van der Waals surface area contributed by atoms with E-state index in [0.717, 1.165) is 36.8 Å². The second kappa shape index (κ2) is 8.83. The maximum Gasteiger partial charge on any atom is 0.295 e. The van der Waals surface area contributed by atoms with Crippen LogP contribution in [0, 0.1) is 0 Å². The van der Waals surface area contributed by atoms with Crippen molar-refractivity contribution in [3.63, 3.8) is 0 Å². The Bertz CT molecular complexity index is 872. The molecular formula is C23H26N2O3. The number of ketones is 1. The highest BCUT2D eigenvalue weighted by Crippen LogP contribution is 2.39. The van der Waals surface area contributed by atoms with Crippen molar-refractivity contribution in [2.75, 3.05) is 6.54 Å². The fourth-order valence-electron chi connectivity index (χ4n) is 3.59. The topological polar surface area (TPSA) is 70.5 Å². The van der Waals surface area contributed by atoms with Gasteiger partial charge in [0.1, 0.15) is 5.76 Å². The van der Waals surface area contributed by atoms with E-state index in [1.165, 1.54) is 0 Å². The molecule has 1 amide bonds. The maximum absolute atomic E-state index is 12.8. The number of likely N-dealkylation sites (tertiary alicyclic amines) is 1. The van der Waals surface area contributed by atoms with Gasteiger partial charge in [-0.15, -0.1) is 0 Å². The highest BCUT2D eigenvalue weighted by molar-refractivity contribution is 6.46. The predicted molar refractivity (Wildman–Crippen MR) is 109 cm³/mol. The molecule has 1 aliphatic heterocycles. The normalized spacial score (nSPS) is 18.6. The number of unbranched alkanes of at least 4 members (excludes halogenated alkanes) is 2. The summed E-state index contributed by atoms with van der Waals surface area (Å²) in [7, 11) is 0. The van der Waals surface area contributed by atoms with Gasteiger partial charge < -0.3 is 10.0 Å². The molecule has 0 bridgehead atoms. The lowest BCUT2D eigenvalue weighted by Gasteiger charge is -2.25. The van der Waals surface area contributed by atoms with E-state index < -0.39 is 17.7 Å². The molecule has 146 valence electrons. The van der Waals surface area contributed by atoms with Gasteiger partial charge in [0.2, 0.25) is 0 Å². The average Bonchev–Trinajstić information content (AvgIpc) is 2.99. The molecule has 1 unspecified atom stereocenters. The molecule has 1 fully saturated rings. The van der Waals surface area contributed by atoms with Gasteiger partial charge >= 0.3 is 0 Å².